The Labute approximate surface area is 305 Å². The average molecular weight is 742 g/mol. The zero-order chi connectivity index (χ0) is 38.4. The Morgan fingerprint density at radius 3 is 2.37 bits per heavy atom. The van der Waals surface area contributed by atoms with E-state index in [9.17, 15) is 27.6 Å². The van der Waals surface area contributed by atoms with Crippen molar-refractivity contribution in [2.45, 2.75) is 115 Å². The van der Waals surface area contributed by atoms with E-state index in [-0.39, 0.29) is 25.3 Å². The van der Waals surface area contributed by atoms with Crippen molar-refractivity contribution >= 4 is 44.6 Å². The van der Waals surface area contributed by atoms with E-state index in [1.165, 1.54) is 11.0 Å². The number of carbonyl (C=O) groups is 4. The second kappa shape index (κ2) is 13.9. The number of hydrogen-bond acceptors (Lipinski definition) is 10. The molecule has 284 valence electrons. The van der Waals surface area contributed by atoms with Gasteiger partial charge >= 0.3 is 6.09 Å². The van der Waals surface area contributed by atoms with Gasteiger partial charge in [0.2, 0.25) is 27.7 Å². The summed E-state index contributed by atoms with van der Waals surface area (Å²) in [5, 5.41) is 7.01. The summed E-state index contributed by atoms with van der Waals surface area (Å²) in [6.07, 6.45) is 2.97. The van der Waals surface area contributed by atoms with E-state index in [2.05, 4.69) is 26.9 Å². The van der Waals surface area contributed by atoms with Gasteiger partial charge in [-0.3, -0.25) is 19.1 Å². The van der Waals surface area contributed by atoms with E-state index >= 15 is 0 Å². The number of pyridine rings is 1. The van der Waals surface area contributed by atoms with E-state index in [1.54, 1.807) is 67.8 Å². The third-order valence-electron chi connectivity index (χ3n) is 10.1. The van der Waals surface area contributed by atoms with Gasteiger partial charge in [0.15, 0.2) is 0 Å². The number of rotatable bonds is 12. The van der Waals surface area contributed by atoms with Gasteiger partial charge in [0.05, 0.1) is 18.4 Å². The number of hydrogen-bond donors (Lipinski definition) is 3. The molecule has 2 aliphatic carbocycles. The predicted molar refractivity (Wildman–Crippen MR) is 194 cm³/mol. The second-order valence-electron chi connectivity index (χ2n) is 16.1. The lowest BCUT2D eigenvalue weighted by Gasteiger charge is -2.36. The van der Waals surface area contributed by atoms with Crippen LogP contribution in [0.5, 0.6) is 11.6 Å². The third kappa shape index (κ3) is 7.83. The molecule has 0 radical (unpaired) electrons. The number of ether oxygens (including phenoxy) is 3. The van der Waals surface area contributed by atoms with Gasteiger partial charge in [-0.1, -0.05) is 33.8 Å². The van der Waals surface area contributed by atoms with Crippen LogP contribution in [-0.2, 0) is 29.1 Å². The summed E-state index contributed by atoms with van der Waals surface area (Å²) in [7, 11) is -2.44. The van der Waals surface area contributed by atoms with Crippen LogP contribution in [0.15, 0.2) is 43.1 Å². The highest BCUT2D eigenvalue weighted by Crippen LogP contribution is 2.48. The summed E-state index contributed by atoms with van der Waals surface area (Å²) in [4.78, 5) is 61.2. The molecule has 1 aromatic heterocycles. The van der Waals surface area contributed by atoms with Crippen LogP contribution in [0, 0.1) is 11.3 Å². The molecular weight excluding hydrogens is 691 g/mol. The van der Waals surface area contributed by atoms with Crippen molar-refractivity contribution in [1.82, 2.24) is 25.2 Å². The van der Waals surface area contributed by atoms with Gasteiger partial charge in [-0.25, -0.2) is 18.2 Å². The zero-order valence-corrected chi connectivity index (χ0v) is 32.0. The maximum absolute atomic E-state index is 14.5. The molecule has 2 heterocycles. The number of aromatic nitrogens is 1. The number of sulfonamides is 1. The molecule has 0 bridgehead atoms. The van der Waals surface area contributed by atoms with Crippen LogP contribution < -0.4 is 24.8 Å². The van der Waals surface area contributed by atoms with E-state index in [0.29, 0.717) is 30.4 Å². The average Bonchev–Trinajstić information content (AvgIpc) is 3.96. The minimum Gasteiger partial charge on any atom is -0.497 e. The number of nitrogens with one attached hydrogen (secondary N) is 3. The molecular formula is C37H51N5O9S. The lowest BCUT2D eigenvalue weighted by molar-refractivity contribution is -0.143. The first-order chi connectivity index (χ1) is 24.2. The summed E-state index contributed by atoms with van der Waals surface area (Å²) in [6, 6.07) is 4.95. The summed E-state index contributed by atoms with van der Waals surface area (Å²) in [5.74, 6) is -1.67. The summed E-state index contributed by atoms with van der Waals surface area (Å²) in [6.45, 7) is 16.0. The lowest BCUT2D eigenvalue weighted by atomic mass is 9.85. The first-order valence-electron chi connectivity index (χ1n) is 17.6. The number of carbonyl (C=O) groups excluding carboxylic acids is 4. The van der Waals surface area contributed by atoms with E-state index in [0.717, 1.165) is 5.39 Å². The molecule has 4 amide bonds. The van der Waals surface area contributed by atoms with E-state index < -0.39 is 79.2 Å². The van der Waals surface area contributed by atoms with Crippen molar-refractivity contribution in [3.63, 3.8) is 0 Å². The van der Waals surface area contributed by atoms with Gasteiger partial charge in [-0.2, -0.15) is 0 Å². The number of nitrogens with zero attached hydrogens (tertiary/aromatic N) is 2. The minimum absolute atomic E-state index is 0.0167. The van der Waals surface area contributed by atoms with Gasteiger partial charge in [0.1, 0.15) is 35.1 Å². The standard InChI is InChI=1S/C37H51N5O9S/c1-10-23-20-37(23,32(45)41-52(47,48)36(11-2)15-16-36)40-29(43)27-19-25(50-30-26-13-12-24(49-9)18-22(26)14-17-38-30)21-42(27)31(44)28(34(3,4)5)39-33(46)51-35(6,7)8/h10,12-14,17-18,23,25,27-28H,1,11,15-16,19-21H2,2-9H3,(H,39,46)(H,40,43)(H,41,45)/t23-,25?,27+,28-,37-/m1/s1. The molecule has 1 aromatic carbocycles. The second-order valence-corrected chi connectivity index (χ2v) is 18.2. The fraction of sp³-hybridized carbons (Fsp3) is 0.595. The molecule has 1 aliphatic heterocycles. The normalized spacial score (nSPS) is 24.3. The van der Waals surface area contributed by atoms with E-state index in [4.69, 9.17) is 14.2 Å². The SMILES string of the molecule is C=C[C@@H]1C[C@]1(NC(=O)[C@@H]1CC(Oc2nccc3cc(OC)ccc23)CN1C(=O)[C@@H](NC(=O)OC(C)(C)C)C(C)(C)C)C(=O)NS(=O)(=O)C1(CC)CC1. The Bertz CT molecular complexity index is 1860. The summed E-state index contributed by atoms with van der Waals surface area (Å²) >= 11 is 0. The molecule has 5 atom stereocenters. The smallest absolute Gasteiger partial charge is 0.408 e. The zero-order valence-electron chi connectivity index (χ0n) is 31.2. The number of likely N-dealkylation sites (tertiary alicyclic amines) is 1. The Morgan fingerprint density at radius 1 is 1.12 bits per heavy atom. The highest BCUT2D eigenvalue weighted by Gasteiger charge is 2.63. The molecule has 3 aliphatic rings. The third-order valence-corrected chi connectivity index (χ3v) is 12.4. The molecule has 2 saturated carbocycles. The van der Waals surface area contributed by atoms with E-state index in [1.807, 2.05) is 18.2 Å². The molecule has 0 spiro atoms. The molecule has 3 N–H and O–H groups in total. The van der Waals surface area contributed by atoms with Gasteiger partial charge in [0.25, 0.3) is 5.91 Å². The largest absolute Gasteiger partial charge is 0.497 e. The molecule has 1 unspecified atom stereocenters. The Morgan fingerprint density at radius 2 is 1.81 bits per heavy atom. The Balaban J connectivity index is 1.45. The number of methoxy groups -OCH3 is 1. The number of amides is 4. The van der Waals surface area contributed by atoms with Gasteiger partial charge in [0, 0.05) is 23.9 Å². The van der Waals surface area contributed by atoms with Crippen LogP contribution in [0.25, 0.3) is 10.8 Å². The molecule has 2 aromatic rings. The number of fused-ring (bicyclic) bond motifs is 1. The predicted octanol–water partition coefficient (Wildman–Crippen LogP) is 3.98. The highest BCUT2D eigenvalue weighted by atomic mass is 32.2. The lowest BCUT2D eigenvalue weighted by Crippen LogP contribution is -2.60. The minimum atomic E-state index is -4.01. The highest BCUT2D eigenvalue weighted by molar-refractivity contribution is 7.91. The van der Waals surface area contributed by atoms with Crippen LogP contribution in [0.2, 0.25) is 0 Å². The van der Waals surface area contributed by atoms with Crippen molar-refractivity contribution < 1.29 is 41.8 Å². The summed E-state index contributed by atoms with van der Waals surface area (Å²) < 4.78 is 44.8. The van der Waals surface area contributed by atoms with Crippen LogP contribution in [0.4, 0.5) is 4.79 Å². The fourth-order valence-corrected chi connectivity index (χ4v) is 8.39. The first-order valence-corrected chi connectivity index (χ1v) is 19.1. The van der Waals surface area contributed by atoms with Gasteiger partial charge in [-0.05, 0) is 81.5 Å². The first kappa shape index (κ1) is 38.8. The van der Waals surface area contributed by atoms with Crippen molar-refractivity contribution in [3.05, 3.63) is 43.1 Å². The van der Waals surface area contributed by atoms with Crippen molar-refractivity contribution in [2.75, 3.05) is 13.7 Å². The monoisotopic (exact) mass is 741 g/mol. The van der Waals surface area contributed by atoms with Crippen LogP contribution in [-0.4, -0.2) is 89.8 Å². The van der Waals surface area contributed by atoms with Crippen molar-refractivity contribution in [1.29, 1.82) is 0 Å². The van der Waals surface area contributed by atoms with Crippen LogP contribution >= 0.6 is 0 Å². The maximum Gasteiger partial charge on any atom is 0.408 e. The quantitative estimate of drug-likeness (QED) is 0.269. The van der Waals surface area contributed by atoms with Crippen LogP contribution in [0.1, 0.15) is 80.6 Å². The van der Waals surface area contributed by atoms with Crippen molar-refractivity contribution in [3.8, 4) is 11.6 Å². The molecule has 1 saturated heterocycles. The topological polar surface area (TPSA) is 182 Å². The Kier molecular flexibility index (Phi) is 10.4. The summed E-state index contributed by atoms with van der Waals surface area (Å²) in [5.41, 5.74) is -3.22. The van der Waals surface area contributed by atoms with Gasteiger partial charge < -0.3 is 29.7 Å². The van der Waals surface area contributed by atoms with Crippen LogP contribution in [0.3, 0.4) is 0 Å². The molecule has 52 heavy (non-hydrogen) atoms. The van der Waals surface area contributed by atoms with Gasteiger partial charge in [-0.15, -0.1) is 6.58 Å². The maximum atomic E-state index is 14.5. The Hall–Kier alpha value is -4.40. The fourth-order valence-electron chi connectivity index (χ4n) is 6.73. The number of alkyl carbamates (subject to hydrolysis) is 1. The number of benzene rings is 1. The van der Waals surface area contributed by atoms with Crippen molar-refractivity contribution in [2.24, 2.45) is 11.3 Å². The molecule has 15 heteroatoms. The molecule has 3 fully saturated rings. The molecule has 5 rings (SSSR count). The molecule has 14 nitrogen and oxygen atoms in total.